The Balaban J connectivity index is 2.35. The average molecular weight is 235 g/mol. The number of hydrogen-bond donors (Lipinski definition) is 0. The summed E-state index contributed by atoms with van der Waals surface area (Å²) in [6, 6.07) is 6.44. The molecular formula is C13H11ClS. The van der Waals surface area contributed by atoms with Gasteiger partial charge in [0.2, 0.25) is 0 Å². The molecule has 0 radical (unpaired) electrons. The molecule has 15 heavy (non-hydrogen) atoms. The highest BCUT2D eigenvalue weighted by molar-refractivity contribution is 7.13. The maximum atomic E-state index is 6.18. The van der Waals surface area contributed by atoms with Crippen molar-refractivity contribution >= 4 is 22.9 Å². The summed E-state index contributed by atoms with van der Waals surface area (Å²) in [4.78, 5) is 1.43. The first kappa shape index (κ1) is 9.44. The second-order valence-corrected chi connectivity index (χ2v) is 5.30. The minimum atomic E-state index is 0.884. The highest BCUT2D eigenvalue weighted by Gasteiger charge is 2.19. The summed E-state index contributed by atoms with van der Waals surface area (Å²) in [6.45, 7) is 2.12. The van der Waals surface area contributed by atoms with Crippen LogP contribution in [0.5, 0.6) is 0 Å². The van der Waals surface area contributed by atoms with Crippen LogP contribution < -0.4 is 0 Å². The summed E-state index contributed by atoms with van der Waals surface area (Å²) in [5.41, 5.74) is 5.56. The summed E-state index contributed by atoms with van der Waals surface area (Å²) < 4.78 is 0. The molecule has 1 aromatic carbocycles. The van der Waals surface area contributed by atoms with Gasteiger partial charge in [-0.15, -0.1) is 11.3 Å². The third-order valence-corrected chi connectivity index (χ3v) is 4.51. The standard InChI is InChI=1S/C13H11ClS/c1-8-11(14)5-4-9-2-3-10-6-7-15-13(10)12(8)9/h4-7H,2-3H2,1H3. The lowest BCUT2D eigenvalue weighted by Crippen LogP contribution is -2.02. The smallest absolute Gasteiger partial charge is 0.0441 e. The largest absolute Gasteiger partial charge is 0.144 e. The number of halogens is 1. The monoisotopic (exact) mass is 234 g/mol. The van der Waals surface area contributed by atoms with Gasteiger partial charge in [-0.2, -0.15) is 0 Å². The zero-order valence-electron chi connectivity index (χ0n) is 8.51. The van der Waals surface area contributed by atoms with Gasteiger partial charge in [0.05, 0.1) is 0 Å². The van der Waals surface area contributed by atoms with Crippen molar-refractivity contribution in [3.63, 3.8) is 0 Å². The summed E-state index contributed by atoms with van der Waals surface area (Å²) in [6.07, 6.45) is 2.32. The molecule has 0 spiro atoms. The molecule has 0 bridgehead atoms. The molecule has 0 unspecified atom stereocenters. The van der Waals surface area contributed by atoms with E-state index in [4.69, 9.17) is 11.6 Å². The van der Waals surface area contributed by atoms with Gasteiger partial charge < -0.3 is 0 Å². The molecule has 0 aliphatic heterocycles. The Morgan fingerprint density at radius 3 is 2.80 bits per heavy atom. The van der Waals surface area contributed by atoms with Crippen LogP contribution in [0.1, 0.15) is 16.7 Å². The van der Waals surface area contributed by atoms with E-state index < -0.39 is 0 Å². The molecule has 0 nitrogen and oxygen atoms in total. The molecule has 0 atom stereocenters. The van der Waals surface area contributed by atoms with Crippen molar-refractivity contribution in [3.05, 3.63) is 45.3 Å². The molecule has 2 heteroatoms. The van der Waals surface area contributed by atoms with Gasteiger partial charge >= 0.3 is 0 Å². The minimum absolute atomic E-state index is 0.884. The fraction of sp³-hybridized carbons (Fsp3) is 0.231. The normalized spacial score (nSPS) is 13.5. The first-order valence-electron chi connectivity index (χ1n) is 5.12. The van der Waals surface area contributed by atoms with Crippen LogP contribution in [0.15, 0.2) is 23.6 Å². The first-order valence-corrected chi connectivity index (χ1v) is 6.38. The van der Waals surface area contributed by atoms with Crippen LogP contribution in [0.3, 0.4) is 0 Å². The summed E-state index contributed by atoms with van der Waals surface area (Å²) in [5, 5.41) is 3.06. The summed E-state index contributed by atoms with van der Waals surface area (Å²) in [5.74, 6) is 0. The number of aryl methyl sites for hydroxylation is 2. The van der Waals surface area contributed by atoms with Crippen LogP contribution in [0.2, 0.25) is 5.02 Å². The van der Waals surface area contributed by atoms with Crippen LogP contribution in [-0.4, -0.2) is 0 Å². The van der Waals surface area contributed by atoms with E-state index >= 15 is 0 Å². The van der Waals surface area contributed by atoms with Crippen molar-refractivity contribution in [2.24, 2.45) is 0 Å². The van der Waals surface area contributed by atoms with E-state index in [-0.39, 0.29) is 0 Å². The molecular weight excluding hydrogens is 224 g/mol. The first-order chi connectivity index (χ1) is 7.27. The van der Waals surface area contributed by atoms with E-state index in [9.17, 15) is 0 Å². The lowest BCUT2D eigenvalue weighted by molar-refractivity contribution is 0.947. The van der Waals surface area contributed by atoms with Gasteiger partial charge in [0, 0.05) is 9.90 Å². The number of thiophene rings is 1. The van der Waals surface area contributed by atoms with Crippen molar-refractivity contribution in [1.29, 1.82) is 0 Å². The molecule has 0 saturated carbocycles. The predicted molar refractivity (Wildman–Crippen MR) is 66.9 cm³/mol. The maximum Gasteiger partial charge on any atom is 0.0441 e. The average Bonchev–Trinajstić information content (AvgIpc) is 2.70. The molecule has 1 aromatic heterocycles. The molecule has 1 aliphatic carbocycles. The number of hydrogen-bond acceptors (Lipinski definition) is 1. The maximum absolute atomic E-state index is 6.18. The van der Waals surface area contributed by atoms with Crippen LogP contribution in [0.25, 0.3) is 10.4 Å². The number of fused-ring (bicyclic) bond motifs is 3. The van der Waals surface area contributed by atoms with Crippen molar-refractivity contribution in [1.82, 2.24) is 0 Å². The Kier molecular flexibility index (Phi) is 2.11. The third-order valence-electron chi connectivity index (χ3n) is 3.12. The number of benzene rings is 1. The molecule has 2 aromatic rings. The molecule has 1 heterocycles. The van der Waals surface area contributed by atoms with Crippen molar-refractivity contribution in [2.75, 3.05) is 0 Å². The summed E-state index contributed by atoms with van der Waals surface area (Å²) >= 11 is 8.02. The lowest BCUT2D eigenvalue weighted by Gasteiger charge is -2.19. The Hall–Kier alpha value is -0.790. The number of rotatable bonds is 0. The van der Waals surface area contributed by atoms with Gasteiger partial charge in [-0.25, -0.2) is 0 Å². The Bertz CT molecular complexity index is 525. The van der Waals surface area contributed by atoms with Crippen LogP contribution >= 0.6 is 22.9 Å². The van der Waals surface area contributed by atoms with Crippen molar-refractivity contribution in [2.45, 2.75) is 19.8 Å². The second-order valence-electron chi connectivity index (χ2n) is 3.98. The Labute approximate surface area is 98.5 Å². The predicted octanol–water partition coefficient (Wildman–Crippen LogP) is 4.48. The molecule has 0 saturated heterocycles. The topological polar surface area (TPSA) is 0 Å². The fourth-order valence-electron chi connectivity index (χ4n) is 2.29. The van der Waals surface area contributed by atoms with Gasteiger partial charge in [-0.05, 0) is 59.5 Å². The van der Waals surface area contributed by atoms with E-state index in [1.54, 1.807) is 0 Å². The third kappa shape index (κ3) is 1.34. The molecule has 76 valence electrons. The van der Waals surface area contributed by atoms with E-state index in [1.807, 2.05) is 17.4 Å². The van der Waals surface area contributed by atoms with Gasteiger partial charge in [0.15, 0.2) is 0 Å². The Morgan fingerprint density at radius 2 is 1.93 bits per heavy atom. The highest BCUT2D eigenvalue weighted by Crippen LogP contribution is 2.41. The van der Waals surface area contributed by atoms with E-state index in [1.165, 1.54) is 33.6 Å². The Morgan fingerprint density at radius 1 is 1.13 bits per heavy atom. The van der Waals surface area contributed by atoms with Gasteiger partial charge in [-0.3, -0.25) is 0 Å². The minimum Gasteiger partial charge on any atom is -0.144 e. The SMILES string of the molecule is Cc1c(Cl)ccc2c1-c1sccc1CC2. The van der Waals surface area contributed by atoms with Crippen LogP contribution in [0.4, 0.5) is 0 Å². The van der Waals surface area contributed by atoms with Crippen LogP contribution in [-0.2, 0) is 12.8 Å². The van der Waals surface area contributed by atoms with Crippen LogP contribution in [0, 0.1) is 6.92 Å². The molecule has 0 amide bonds. The van der Waals surface area contributed by atoms with Crippen molar-refractivity contribution < 1.29 is 0 Å². The van der Waals surface area contributed by atoms with E-state index in [0.717, 1.165) is 11.4 Å². The van der Waals surface area contributed by atoms with E-state index in [0.29, 0.717) is 0 Å². The lowest BCUT2D eigenvalue weighted by atomic mass is 9.89. The van der Waals surface area contributed by atoms with E-state index in [2.05, 4.69) is 24.4 Å². The van der Waals surface area contributed by atoms with Crippen molar-refractivity contribution in [3.8, 4) is 10.4 Å². The quantitative estimate of drug-likeness (QED) is 0.631. The second kappa shape index (κ2) is 3.36. The van der Waals surface area contributed by atoms with Gasteiger partial charge in [0.1, 0.15) is 0 Å². The summed E-state index contributed by atoms with van der Waals surface area (Å²) in [7, 11) is 0. The zero-order valence-corrected chi connectivity index (χ0v) is 10.1. The molecule has 3 rings (SSSR count). The molecule has 0 N–H and O–H groups in total. The molecule has 1 aliphatic rings. The molecule has 0 fully saturated rings. The highest BCUT2D eigenvalue weighted by atomic mass is 35.5. The fourth-order valence-corrected chi connectivity index (χ4v) is 3.54. The van der Waals surface area contributed by atoms with Gasteiger partial charge in [-0.1, -0.05) is 17.7 Å². The van der Waals surface area contributed by atoms with Gasteiger partial charge in [0.25, 0.3) is 0 Å². The zero-order chi connectivity index (χ0) is 10.4.